The summed E-state index contributed by atoms with van der Waals surface area (Å²) in [4.78, 5) is 15.0. The van der Waals surface area contributed by atoms with Crippen LogP contribution in [0.4, 0.5) is 5.69 Å². The molecule has 138 valence electrons. The number of nitrogens with one attached hydrogen (secondary N) is 1. The third kappa shape index (κ3) is 5.09. The summed E-state index contributed by atoms with van der Waals surface area (Å²) < 4.78 is 5.61. The topological polar surface area (TPSA) is 41.6 Å². The Hall–Kier alpha value is -2.33. The predicted octanol–water partition coefficient (Wildman–Crippen LogP) is 4.32. The van der Waals surface area contributed by atoms with Crippen molar-refractivity contribution in [1.82, 2.24) is 4.90 Å². The molecule has 0 bridgehead atoms. The first-order valence-corrected chi connectivity index (χ1v) is 9.47. The number of benzene rings is 2. The number of carbonyl (C=O) groups excluding carboxylic acids is 1. The third-order valence-corrected chi connectivity index (χ3v) is 4.92. The zero-order valence-electron chi connectivity index (χ0n) is 15.7. The molecule has 4 nitrogen and oxygen atoms in total. The lowest BCUT2D eigenvalue weighted by Crippen LogP contribution is -2.40. The van der Waals surface area contributed by atoms with E-state index in [4.69, 9.17) is 4.74 Å². The summed E-state index contributed by atoms with van der Waals surface area (Å²) in [5, 5.41) is 3.02. The second-order valence-electron chi connectivity index (χ2n) is 6.95. The Morgan fingerprint density at radius 2 is 1.85 bits per heavy atom. The molecule has 0 radical (unpaired) electrons. The Morgan fingerprint density at radius 1 is 1.15 bits per heavy atom. The Kier molecular flexibility index (Phi) is 6.29. The molecule has 0 aliphatic heterocycles. The van der Waals surface area contributed by atoms with Gasteiger partial charge in [-0.15, -0.1) is 0 Å². The molecule has 1 amide bonds. The quantitative estimate of drug-likeness (QED) is 0.730. The molecule has 4 heteroatoms. The van der Waals surface area contributed by atoms with Gasteiger partial charge in [0.1, 0.15) is 5.75 Å². The van der Waals surface area contributed by atoms with E-state index in [1.54, 1.807) is 0 Å². The van der Waals surface area contributed by atoms with Crippen LogP contribution in [-0.4, -0.2) is 30.0 Å². The molecule has 0 heterocycles. The number of anilines is 1. The van der Waals surface area contributed by atoms with Crippen LogP contribution in [0.2, 0.25) is 0 Å². The van der Waals surface area contributed by atoms with Crippen LogP contribution in [0.1, 0.15) is 32.3 Å². The zero-order valence-corrected chi connectivity index (χ0v) is 15.7. The molecule has 1 N–H and O–H groups in total. The normalized spacial score (nSPS) is 14.9. The van der Waals surface area contributed by atoms with E-state index in [1.165, 1.54) is 18.4 Å². The van der Waals surface area contributed by atoms with E-state index < -0.39 is 0 Å². The minimum atomic E-state index is 0.000541. The van der Waals surface area contributed by atoms with Gasteiger partial charge < -0.3 is 10.1 Å². The van der Waals surface area contributed by atoms with Gasteiger partial charge in [-0.05, 0) is 50.3 Å². The Labute approximate surface area is 156 Å². The number of nitrogens with zero attached hydrogens (tertiary/aromatic N) is 1. The van der Waals surface area contributed by atoms with Gasteiger partial charge in [0.15, 0.2) is 0 Å². The van der Waals surface area contributed by atoms with Crippen molar-refractivity contribution in [3.63, 3.8) is 0 Å². The SMILES string of the molecule is CCOc1ccccc1NC(=O)CN(Cc1ccccc1)C(C)C1CC1. The summed E-state index contributed by atoms with van der Waals surface area (Å²) in [5.41, 5.74) is 1.97. The van der Waals surface area contributed by atoms with Crippen molar-refractivity contribution in [2.24, 2.45) is 5.92 Å². The van der Waals surface area contributed by atoms with E-state index in [1.807, 2.05) is 49.4 Å². The van der Waals surface area contributed by atoms with Crippen LogP contribution in [0.25, 0.3) is 0 Å². The number of hydrogen-bond acceptors (Lipinski definition) is 3. The van der Waals surface area contributed by atoms with Gasteiger partial charge in [0.05, 0.1) is 18.8 Å². The zero-order chi connectivity index (χ0) is 18.4. The summed E-state index contributed by atoms with van der Waals surface area (Å²) in [7, 11) is 0. The number of ether oxygens (including phenoxy) is 1. The van der Waals surface area contributed by atoms with Crippen molar-refractivity contribution < 1.29 is 9.53 Å². The highest BCUT2D eigenvalue weighted by molar-refractivity contribution is 5.93. The molecule has 2 aromatic rings. The average molecular weight is 352 g/mol. The van der Waals surface area contributed by atoms with Crippen LogP contribution in [0.15, 0.2) is 54.6 Å². The van der Waals surface area contributed by atoms with E-state index in [0.29, 0.717) is 30.9 Å². The fraction of sp³-hybridized carbons (Fsp3) is 0.409. The fourth-order valence-electron chi connectivity index (χ4n) is 3.26. The Balaban J connectivity index is 1.67. The molecular formula is C22H28N2O2. The van der Waals surface area contributed by atoms with Crippen molar-refractivity contribution in [1.29, 1.82) is 0 Å². The highest BCUT2D eigenvalue weighted by Gasteiger charge is 2.32. The highest BCUT2D eigenvalue weighted by atomic mass is 16.5. The third-order valence-electron chi connectivity index (χ3n) is 4.92. The summed E-state index contributed by atoms with van der Waals surface area (Å²) in [6, 6.07) is 18.4. The van der Waals surface area contributed by atoms with Crippen LogP contribution < -0.4 is 10.1 Å². The molecule has 2 aromatic carbocycles. The maximum Gasteiger partial charge on any atom is 0.238 e. The first-order valence-electron chi connectivity index (χ1n) is 9.47. The predicted molar refractivity (Wildman–Crippen MR) is 105 cm³/mol. The molecule has 1 saturated carbocycles. The van der Waals surface area contributed by atoms with Crippen LogP contribution in [0, 0.1) is 5.92 Å². The van der Waals surface area contributed by atoms with E-state index in [-0.39, 0.29) is 5.91 Å². The number of carbonyl (C=O) groups is 1. The first kappa shape index (κ1) is 18.5. The smallest absolute Gasteiger partial charge is 0.238 e. The van der Waals surface area contributed by atoms with Gasteiger partial charge >= 0.3 is 0 Å². The van der Waals surface area contributed by atoms with Gasteiger partial charge in [0.2, 0.25) is 5.91 Å². The van der Waals surface area contributed by atoms with Gasteiger partial charge in [-0.25, -0.2) is 0 Å². The molecule has 0 saturated heterocycles. The summed E-state index contributed by atoms with van der Waals surface area (Å²) in [5.74, 6) is 1.43. The lowest BCUT2D eigenvalue weighted by atomic mass is 10.1. The maximum absolute atomic E-state index is 12.7. The number of hydrogen-bond donors (Lipinski definition) is 1. The molecule has 0 aromatic heterocycles. The number of para-hydroxylation sites is 2. The minimum absolute atomic E-state index is 0.000541. The summed E-state index contributed by atoms with van der Waals surface area (Å²) in [6.07, 6.45) is 2.53. The largest absolute Gasteiger partial charge is 0.492 e. The molecule has 26 heavy (non-hydrogen) atoms. The van der Waals surface area contributed by atoms with Gasteiger partial charge in [-0.1, -0.05) is 42.5 Å². The standard InChI is InChI=1S/C22H28N2O2/c1-3-26-21-12-8-7-11-20(21)23-22(25)16-24(17(2)19-13-14-19)15-18-9-5-4-6-10-18/h4-12,17,19H,3,13-16H2,1-2H3,(H,23,25). The van der Waals surface area contributed by atoms with Gasteiger partial charge in [-0.3, -0.25) is 9.69 Å². The van der Waals surface area contributed by atoms with Crippen molar-refractivity contribution in [2.75, 3.05) is 18.5 Å². The lowest BCUT2D eigenvalue weighted by molar-refractivity contribution is -0.118. The molecule has 1 aliphatic carbocycles. The molecule has 1 aliphatic rings. The fourth-order valence-corrected chi connectivity index (χ4v) is 3.26. The number of amides is 1. The van der Waals surface area contributed by atoms with Crippen LogP contribution >= 0.6 is 0 Å². The van der Waals surface area contributed by atoms with E-state index >= 15 is 0 Å². The second kappa shape index (κ2) is 8.86. The lowest BCUT2D eigenvalue weighted by Gasteiger charge is -2.29. The van der Waals surface area contributed by atoms with Crippen LogP contribution in [0.3, 0.4) is 0 Å². The van der Waals surface area contributed by atoms with Gasteiger partial charge in [-0.2, -0.15) is 0 Å². The van der Waals surface area contributed by atoms with E-state index in [0.717, 1.165) is 12.2 Å². The molecular weight excluding hydrogens is 324 g/mol. The Bertz CT molecular complexity index is 713. The monoisotopic (exact) mass is 352 g/mol. The minimum Gasteiger partial charge on any atom is -0.492 e. The highest BCUT2D eigenvalue weighted by Crippen LogP contribution is 2.35. The molecule has 1 atom stereocenters. The van der Waals surface area contributed by atoms with Crippen molar-refractivity contribution >= 4 is 11.6 Å². The Morgan fingerprint density at radius 3 is 2.54 bits per heavy atom. The maximum atomic E-state index is 12.7. The van der Waals surface area contributed by atoms with E-state index in [2.05, 4.69) is 29.3 Å². The first-order chi connectivity index (χ1) is 12.7. The van der Waals surface area contributed by atoms with Crippen molar-refractivity contribution in [3.8, 4) is 5.75 Å². The van der Waals surface area contributed by atoms with Crippen LogP contribution in [0.5, 0.6) is 5.75 Å². The van der Waals surface area contributed by atoms with E-state index in [9.17, 15) is 4.79 Å². The van der Waals surface area contributed by atoms with Gasteiger partial charge in [0, 0.05) is 12.6 Å². The summed E-state index contributed by atoms with van der Waals surface area (Å²) in [6.45, 7) is 5.93. The van der Waals surface area contributed by atoms with Gasteiger partial charge in [0.25, 0.3) is 0 Å². The molecule has 3 rings (SSSR count). The summed E-state index contributed by atoms with van der Waals surface area (Å²) >= 11 is 0. The van der Waals surface area contributed by atoms with Crippen LogP contribution in [-0.2, 0) is 11.3 Å². The molecule has 0 spiro atoms. The van der Waals surface area contributed by atoms with Crippen molar-refractivity contribution in [2.45, 2.75) is 39.3 Å². The number of rotatable bonds is 9. The molecule has 1 fully saturated rings. The molecule has 1 unspecified atom stereocenters. The second-order valence-corrected chi connectivity index (χ2v) is 6.95. The van der Waals surface area contributed by atoms with Crippen molar-refractivity contribution in [3.05, 3.63) is 60.2 Å². The average Bonchev–Trinajstić information content (AvgIpc) is 3.48.